The van der Waals surface area contributed by atoms with Crippen molar-refractivity contribution in [3.8, 4) is 0 Å². The molecule has 1 saturated carbocycles. The standard InChI is InChI=1S/C12H20N2S/c1-9-5-3-4-6-11(9)13-7-12-10(2)14-8-15-12/h8-9,11,13H,3-7H2,1-2H3/t9-,11+/m1/s1. The van der Waals surface area contributed by atoms with Gasteiger partial charge in [-0.1, -0.05) is 19.8 Å². The molecule has 15 heavy (non-hydrogen) atoms. The summed E-state index contributed by atoms with van der Waals surface area (Å²) in [6.45, 7) is 5.47. The maximum Gasteiger partial charge on any atom is 0.0798 e. The minimum atomic E-state index is 0.722. The quantitative estimate of drug-likeness (QED) is 0.853. The number of thiazole rings is 1. The molecule has 2 nitrogen and oxygen atoms in total. The van der Waals surface area contributed by atoms with Crippen molar-refractivity contribution in [1.82, 2.24) is 10.3 Å². The van der Waals surface area contributed by atoms with E-state index in [0.717, 1.165) is 18.5 Å². The molecule has 0 spiro atoms. The van der Waals surface area contributed by atoms with Crippen molar-refractivity contribution >= 4 is 11.3 Å². The lowest BCUT2D eigenvalue weighted by Crippen LogP contribution is -2.36. The number of nitrogens with one attached hydrogen (secondary N) is 1. The molecule has 0 aromatic carbocycles. The van der Waals surface area contributed by atoms with Gasteiger partial charge in [-0.2, -0.15) is 0 Å². The Morgan fingerprint density at radius 3 is 2.93 bits per heavy atom. The summed E-state index contributed by atoms with van der Waals surface area (Å²) in [7, 11) is 0. The predicted molar refractivity (Wildman–Crippen MR) is 65.1 cm³/mol. The first-order valence-electron chi connectivity index (χ1n) is 5.89. The maximum atomic E-state index is 4.28. The lowest BCUT2D eigenvalue weighted by atomic mass is 9.86. The summed E-state index contributed by atoms with van der Waals surface area (Å²) in [5.74, 6) is 0.840. The van der Waals surface area contributed by atoms with Crippen LogP contribution in [0.2, 0.25) is 0 Å². The van der Waals surface area contributed by atoms with Gasteiger partial charge < -0.3 is 5.32 Å². The monoisotopic (exact) mass is 224 g/mol. The van der Waals surface area contributed by atoms with Crippen molar-refractivity contribution in [2.45, 2.75) is 52.1 Å². The van der Waals surface area contributed by atoms with E-state index in [1.54, 1.807) is 11.3 Å². The molecule has 1 aromatic rings. The summed E-state index contributed by atoms with van der Waals surface area (Å²) < 4.78 is 0. The highest BCUT2D eigenvalue weighted by atomic mass is 32.1. The third-order valence-electron chi connectivity index (χ3n) is 3.48. The molecule has 1 fully saturated rings. The van der Waals surface area contributed by atoms with Gasteiger partial charge in [0.15, 0.2) is 0 Å². The van der Waals surface area contributed by atoms with Crippen molar-refractivity contribution in [3.05, 3.63) is 16.1 Å². The number of aryl methyl sites for hydroxylation is 1. The second-order valence-electron chi connectivity index (χ2n) is 4.61. The molecular formula is C12H20N2S. The van der Waals surface area contributed by atoms with E-state index < -0.39 is 0 Å². The van der Waals surface area contributed by atoms with Gasteiger partial charge in [-0.25, -0.2) is 4.98 Å². The van der Waals surface area contributed by atoms with Crippen LogP contribution >= 0.6 is 11.3 Å². The molecule has 1 heterocycles. The van der Waals surface area contributed by atoms with Gasteiger partial charge in [0.2, 0.25) is 0 Å². The molecule has 0 bridgehead atoms. The van der Waals surface area contributed by atoms with Crippen molar-refractivity contribution in [2.75, 3.05) is 0 Å². The molecule has 0 radical (unpaired) electrons. The predicted octanol–water partition coefficient (Wildman–Crippen LogP) is 3.12. The van der Waals surface area contributed by atoms with E-state index in [1.165, 1.54) is 36.3 Å². The van der Waals surface area contributed by atoms with Crippen molar-refractivity contribution in [2.24, 2.45) is 5.92 Å². The van der Waals surface area contributed by atoms with Gasteiger partial charge in [-0.15, -0.1) is 11.3 Å². The number of aromatic nitrogens is 1. The maximum absolute atomic E-state index is 4.28. The minimum absolute atomic E-state index is 0.722. The van der Waals surface area contributed by atoms with Crippen LogP contribution in [0.25, 0.3) is 0 Å². The molecular weight excluding hydrogens is 204 g/mol. The molecule has 3 heteroatoms. The fourth-order valence-corrected chi connectivity index (χ4v) is 3.07. The smallest absolute Gasteiger partial charge is 0.0798 e. The molecule has 1 aromatic heterocycles. The van der Waals surface area contributed by atoms with Gasteiger partial charge in [0, 0.05) is 17.5 Å². The summed E-state index contributed by atoms with van der Waals surface area (Å²) in [6, 6.07) is 0.722. The SMILES string of the molecule is Cc1ncsc1CN[C@H]1CCCC[C@H]1C. The van der Waals surface area contributed by atoms with Gasteiger partial charge in [-0.3, -0.25) is 0 Å². The summed E-state index contributed by atoms with van der Waals surface area (Å²) in [5.41, 5.74) is 3.13. The van der Waals surface area contributed by atoms with E-state index in [-0.39, 0.29) is 0 Å². The fraction of sp³-hybridized carbons (Fsp3) is 0.750. The van der Waals surface area contributed by atoms with E-state index in [0.29, 0.717) is 0 Å². The zero-order valence-electron chi connectivity index (χ0n) is 9.62. The van der Waals surface area contributed by atoms with Gasteiger partial charge in [0.25, 0.3) is 0 Å². The van der Waals surface area contributed by atoms with E-state index in [1.807, 2.05) is 5.51 Å². The first kappa shape index (κ1) is 11.1. The highest BCUT2D eigenvalue weighted by molar-refractivity contribution is 7.09. The number of hydrogen-bond donors (Lipinski definition) is 1. The Kier molecular flexibility index (Phi) is 3.76. The van der Waals surface area contributed by atoms with E-state index in [2.05, 4.69) is 24.1 Å². The van der Waals surface area contributed by atoms with Crippen LogP contribution in [0.1, 0.15) is 43.2 Å². The second kappa shape index (κ2) is 5.08. The van der Waals surface area contributed by atoms with Gasteiger partial charge in [-0.05, 0) is 25.7 Å². The summed E-state index contributed by atoms with van der Waals surface area (Å²) in [4.78, 5) is 5.67. The number of rotatable bonds is 3. The highest BCUT2D eigenvalue weighted by Gasteiger charge is 2.20. The molecule has 0 unspecified atom stereocenters. The van der Waals surface area contributed by atoms with Crippen LogP contribution in [0.3, 0.4) is 0 Å². The van der Waals surface area contributed by atoms with Gasteiger partial charge >= 0.3 is 0 Å². The Labute approximate surface area is 96.1 Å². The highest BCUT2D eigenvalue weighted by Crippen LogP contribution is 2.24. The first-order valence-corrected chi connectivity index (χ1v) is 6.77. The average molecular weight is 224 g/mol. The van der Waals surface area contributed by atoms with Crippen LogP contribution in [0.4, 0.5) is 0 Å². The zero-order valence-corrected chi connectivity index (χ0v) is 10.4. The lowest BCUT2D eigenvalue weighted by molar-refractivity contribution is 0.280. The van der Waals surface area contributed by atoms with Gasteiger partial charge in [0.1, 0.15) is 0 Å². The first-order chi connectivity index (χ1) is 7.27. The molecule has 2 atom stereocenters. The third kappa shape index (κ3) is 2.79. The molecule has 1 aliphatic rings. The molecule has 84 valence electrons. The topological polar surface area (TPSA) is 24.9 Å². The van der Waals surface area contributed by atoms with Crippen LogP contribution in [-0.2, 0) is 6.54 Å². The van der Waals surface area contributed by atoms with Crippen molar-refractivity contribution < 1.29 is 0 Å². The lowest BCUT2D eigenvalue weighted by Gasteiger charge is -2.29. The molecule has 1 aliphatic carbocycles. The number of hydrogen-bond acceptors (Lipinski definition) is 3. The summed E-state index contributed by atoms with van der Waals surface area (Å²) in [5, 5.41) is 3.68. The Morgan fingerprint density at radius 2 is 2.27 bits per heavy atom. The Morgan fingerprint density at radius 1 is 1.47 bits per heavy atom. The van der Waals surface area contributed by atoms with Crippen LogP contribution in [0.15, 0.2) is 5.51 Å². The van der Waals surface area contributed by atoms with E-state index in [4.69, 9.17) is 0 Å². The summed E-state index contributed by atoms with van der Waals surface area (Å²) >= 11 is 1.77. The van der Waals surface area contributed by atoms with Crippen LogP contribution in [0.5, 0.6) is 0 Å². The molecule has 2 rings (SSSR count). The molecule has 0 saturated heterocycles. The Hall–Kier alpha value is -0.410. The van der Waals surface area contributed by atoms with Crippen LogP contribution < -0.4 is 5.32 Å². The molecule has 0 aliphatic heterocycles. The van der Waals surface area contributed by atoms with E-state index in [9.17, 15) is 0 Å². The average Bonchev–Trinajstić information content (AvgIpc) is 2.63. The molecule has 1 N–H and O–H groups in total. The van der Waals surface area contributed by atoms with Crippen molar-refractivity contribution in [3.63, 3.8) is 0 Å². The Bertz CT molecular complexity index is 308. The normalized spacial score (nSPS) is 26.8. The number of nitrogens with zero attached hydrogens (tertiary/aromatic N) is 1. The van der Waals surface area contributed by atoms with Crippen molar-refractivity contribution in [1.29, 1.82) is 0 Å². The van der Waals surface area contributed by atoms with Crippen LogP contribution in [-0.4, -0.2) is 11.0 Å². The zero-order chi connectivity index (χ0) is 10.7. The third-order valence-corrected chi connectivity index (χ3v) is 4.42. The fourth-order valence-electron chi connectivity index (χ4n) is 2.34. The Balaban J connectivity index is 1.84. The minimum Gasteiger partial charge on any atom is -0.309 e. The summed E-state index contributed by atoms with van der Waals surface area (Å²) in [6.07, 6.45) is 5.54. The van der Waals surface area contributed by atoms with Crippen LogP contribution in [0, 0.1) is 12.8 Å². The second-order valence-corrected chi connectivity index (χ2v) is 5.55. The van der Waals surface area contributed by atoms with Gasteiger partial charge in [0.05, 0.1) is 11.2 Å². The largest absolute Gasteiger partial charge is 0.309 e. The molecule has 0 amide bonds. The van der Waals surface area contributed by atoms with E-state index >= 15 is 0 Å².